The molecule has 2 aromatic carbocycles. The number of hydrogen-bond donors (Lipinski definition) is 1. The molecule has 1 aliphatic heterocycles. The maximum atomic E-state index is 4.31. The lowest BCUT2D eigenvalue weighted by Crippen LogP contribution is -2.31. The minimum atomic E-state index is 1.00. The summed E-state index contributed by atoms with van der Waals surface area (Å²) in [6.07, 6.45) is 1.88. The van der Waals surface area contributed by atoms with E-state index in [0.717, 1.165) is 17.8 Å². The Kier molecular flexibility index (Phi) is 5.51. The highest BCUT2D eigenvalue weighted by atomic mass is 32.2. The van der Waals surface area contributed by atoms with Crippen molar-refractivity contribution in [2.45, 2.75) is 6.54 Å². The average molecular weight is 311 g/mol. The minimum Gasteiger partial charge on any atom is -0.297 e. The molecule has 1 aliphatic rings. The SMILES string of the molecule is C(=NNc1ccccc1)c1cccc(CN2CCSCC2)c1. The third-order valence-corrected chi connectivity index (χ3v) is 4.58. The number of thioether (sulfide) groups is 1. The van der Waals surface area contributed by atoms with Gasteiger partial charge in [-0.1, -0.05) is 36.4 Å². The summed E-state index contributed by atoms with van der Waals surface area (Å²) in [7, 11) is 0. The molecule has 2 aromatic rings. The molecule has 1 saturated heterocycles. The van der Waals surface area contributed by atoms with Gasteiger partial charge in [-0.05, 0) is 29.3 Å². The van der Waals surface area contributed by atoms with Gasteiger partial charge in [0.25, 0.3) is 0 Å². The molecule has 0 saturated carbocycles. The first kappa shape index (κ1) is 15.1. The van der Waals surface area contributed by atoms with Gasteiger partial charge in [0.2, 0.25) is 0 Å². The van der Waals surface area contributed by atoms with E-state index in [4.69, 9.17) is 0 Å². The smallest absolute Gasteiger partial charge is 0.0561 e. The van der Waals surface area contributed by atoms with Crippen molar-refractivity contribution in [3.8, 4) is 0 Å². The molecule has 0 radical (unpaired) electrons. The second-order valence-corrected chi connectivity index (χ2v) is 6.59. The molecule has 0 aromatic heterocycles. The van der Waals surface area contributed by atoms with E-state index in [0.29, 0.717) is 0 Å². The monoisotopic (exact) mass is 311 g/mol. The fraction of sp³-hybridized carbons (Fsp3) is 0.278. The summed E-state index contributed by atoms with van der Waals surface area (Å²) in [6, 6.07) is 18.6. The van der Waals surface area contributed by atoms with E-state index in [1.807, 2.05) is 36.5 Å². The van der Waals surface area contributed by atoms with Crippen LogP contribution in [0.25, 0.3) is 0 Å². The molecule has 22 heavy (non-hydrogen) atoms. The zero-order chi connectivity index (χ0) is 15.0. The van der Waals surface area contributed by atoms with Crippen molar-refractivity contribution in [2.24, 2.45) is 5.10 Å². The van der Waals surface area contributed by atoms with Gasteiger partial charge in [-0.3, -0.25) is 10.3 Å². The van der Waals surface area contributed by atoms with E-state index in [1.165, 1.54) is 30.2 Å². The maximum Gasteiger partial charge on any atom is 0.0561 e. The Morgan fingerprint density at radius 3 is 2.68 bits per heavy atom. The van der Waals surface area contributed by atoms with Gasteiger partial charge in [0.05, 0.1) is 11.9 Å². The van der Waals surface area contributed by atoms with Crippen molar-refractivity contribution >= 4 is 23.7 Å². The van der Waals surface area contributed by atoms with Crippen LogP contribution in [0.2, 0.25) is 0 Å². The Balaban J connectivity index is 1.58. The Labute approximate surface area is 136 Å². The first-order chi connectivity index (χ1) is 10.9. The van der Waals surface area contributed by atoms with Gasteiger partial charge in [-0.15, -0.1) is 0 Å². The molecule has 0 atom stereocenters. The number of anilines is 1. The standard InChI is InChI=1S/C18H21N3S/c1-2-7-18(8-3-1)20-19-14-16-5-4-6-17(13-16)15-21-9-11-22-12-10-21/h1-8,13-14,20H,9-12,15H2. The zero-order valence-corrected chi connectivity index (χ0v) is 13.4. The Hall–Kier alpha value is -1.78. The summed E-state index contributed by atoms with van der Waals surface area (Å²) in [5, 5.41) is 4.31. The van der Waals surface area contributed by atoms with Crippen LogP contribution < -0.4 is 5.43 Å². The lowest BCUT2D eigenvalue weighted by molar-refractivity contribution is 0.294. The van der Waals surface area contributed by atoms with Crippen LogP contribution in [0.4, 0.5) is 5.69 Å². The van der Waals surface area contributed by atoms with E-state index in [1.54, 1.807) is 0 Å². The summed E-state index contributed by atoms with van der Waals surface area (Å²) in [5.41, 5.74) is 6.54. The molecule has 0 amide bonds. The van der Waals surface area contributed by atoms with Gasteiger partial charge in [0, 0.05) is 31.1 Å². The number of nitrogens with zero attached hydrogens (tertiary/aromatic N) is 2. The van der Waals surface area contributed by atoms with Gasteiger partial charge in [-0.2, -0.15) is 16.9 Å². The fourth-order valence-electron chi connectivity index (χ4n) is 2.48. The zero-order valence-electron chi connectivity index (χ0n) is 12.6. The predicted molar refractivity (Wildman–Crippen MR) is 96.7 cm³/mol. The van der Waals surface area contributed by atoms with E-state index in [9.17, 15) is 0 Å². The number of benzene rings is 2. The minimum absolute atomic E-state index is 1.00. The van der Waals surface area contributed by atoms with Crippen LogP contribution in [-0.2, 0) is 6.54 Å². The second-order valence-electron chi connectivity index (χ2n) is 5.37. The van der Waals surface area contributed by atoms with Crippen LogP contribution in [0.3, 0.4) is 0 Å². The predicted octanol–water partition coefficient (Wildman–Crippen LogP) is 3.68. The first-order valence-electron chi connectivity index (χ1n) is 7.63. The van der Waals surface area contributed by atoms with Gasteiger partial charge >= 0.3 is 0 Å². The molecule has 4 heteroatoms. The van der Waals surface area contributed by atoms with E-state index < -0.39 is 0 Å². The number of rotatable bonds is 5. The summed E-state index contributed by atoms with van der Waals surface area (Å²) in [5.74, 6) is 2.50. The topological polar surface area (TPSA) is 27.6 Å². The molecule has 1 heterocycles. The molecular weight excluding hydrogens is 290 g/mol. The van der Waals surface area contributed by atoms with Gasteiger partial charge in [-0.25, -0.2) is 0 Å². The van der Waals surface area contributed by atoms with Crippen LogP contribution in [0, 0.1) is 0 Å². The summed E-state index contributed by atoms with van der Waals surface area (Å²) in [6.45, 7) is 3.42. The lowest BCUT2D eigenvalue weighted by atomic mass is 10.1. The quantitative estimate of drug-likeness (QED) is 0.674. The molecule has 114 valence electrons. The largest absolute Gasteiger partial charge is 0.297 e. The molecule has 1 N–H and O–H groups in total. The van der Waals surface area contributed by atoms with Crippen molar-refractivity contribution in [3.63, 3.8) is 0 Å². The van der Waals surface area contributed by atoms with Crippen molar-refractivity contribution in [2.75, 3.05) is 30.0 Å². The van der Waals surface area contributed by atoms with Gasteiger partial charge < -0.3 is 0 Å². The number of hydrogen-bond acceptors (Lipinski definition) is 4. The number of nitrogens with one attached hydrogen (secondary N) is 1. The third kappa shape index (κ3) is 4.61. The van der Waals surface area contributed by atoms with Crippen LogP contribution in [0.1, 0.15) is 11.1 Å². The summed E-state index contributed by atoms with van der Waals surface area (Å²) >= 11 is 2.05. The molecule has 0 bridgehead atoms. The molecule has 3 nitrogen and oxygen atoms in total. The number of hydrazone groups is 1. The Morgan fingerprint density at radius 2 is 1.86 bits per heavy atom. The molecule has 0 spiro atoms. The fourth-order valence-corrected chi connectivity index (χ4v) is 3.46. The van der Waals surface area contributed by atoms with Crippen LogP contribution in [-0.4, -0.2) is 35.7 Å². The van der Waals surface area contributed by atoms with Crippen molar-refractivity contribution in [1.29, 1.82) is 0 Å². The summed E-state index contributed by atoms with van der Waals surface area (Å²) < 4.78 is 0. The normalized spacial score (nSPS) is 16.0. The highest BCUT2D eigenvalue weighted by Gasteiger charge is 2.10. The lowest BCUT2D eigenvalue weighted by Gasteiger charge is -2.26. The summed E-state index contributed by atoms with van der Waals surface area (Å²) in [4.78, 5) is 2.52. The molecule has 0 unspecified atom stereocenters. The van der Waals surface area contributed by atoms with Crippen LogP contribution in [0.5, 0.6) is 0 Å². The average Bonchev–Trinajstić information content (AvgIpc) is 2.57. The van der Waals surface area contributed by atoms with Crippen LogP contribution >= 0.6 is 11.8 Å². The van der Waals surface area contributed by atoms with Crippen molar-refractivity contribution in [1.82, 2.24) is 4.90 Å². The maximum absolute atomic E-state index is 4.31. The Morgan fingerprint density at radius 1 is 1.05 bits per heavy atom. The Bertz CT molecular complexity index is 607. The van der Waals surface area contributed by atoms with E-state index >= 15 is 0 Å². The highest BCUT2D eigenvalue weighted by Crippen LogP contribution is 2.13. The van der Waals surface area contributed by atoms with Crippen molar-refractivity contribution < 1.29 is 0 Å². The molecular formula is C18H21N3S. The first-order valence-corrected chi connectivity index (χ1v) is 8.79. The van der Waals surface area contributed by atoms with Crippen LogP contribution in [0.15, 0.2) is 59.7 Å². The van der Waals surface area contributed by atoms with Gasteiger partial charge in [0.15, 0.2) is 0 Å². The third-order valence-electron chi connectivity index (χ3n) is 3.64. The van der Waals surface area contributed by atoms with Gasteiger partial charge in [0.1, 0.15) is 0 Å². The van der Waals surface area contributed by atoms with E-state index in [2.05, 4.69) is 51.5 Å². The molecule has 0 aliphatic carbocycles. The molecule has 3 rings (SSSR count). The highest BCUT2D eigenvalue weighted by molar-refractivity contribution is 7.99. The molecule has 1 fully saturated rings. The van der Waals surface area contributed by atoms with E-state index in [-0.39, 0.29) is 0 Å². The second kappa shape index (κ2) is 8.01. The van der Waals surface area contributed by atoms with Crippen molar-refractivity contribution in [3.05, 3.63) is 65.7 Å². The number of para-hydroxylation sites is 1.